The number of nitrogens with zero attached hydrogens (tertiary/aromatic N) is 2. The van der Waals surface area contributed by atoms with E-state index in [1.165, 1.54) is 42.4 Å². The fourth-order valence-corrected chi connectivity index (χ4v) is 3.67. The number of thioether (sulfide) groups is 1. The molecule has 2 fully saturated rings. The first-order valence-corrected chi connectivity index (χ1v) is 7.33. The Kier molecular flexibility index (Phi) is 3.10. The van der Waals surface area contributed by atoms with Crippen LogP contribution in [0.4, 0.5) is 5.69 Å². The van der Waals surface area contributed by atoms with E-state index in [0.717, 1.165) is 11.6 Å². The number of aryl methyl sites for hydroxylation is 1. The molecule has 2 heterocycles. The normalized spacial score (nSPS) is 26.3. The average Bonchev–Trinajstić information content (AvgIpc) is 2.36. The van der Waals surface area contributed by atoms with Gasteiger partial charge in [-0.2, -0.15) is 0 Å². The molecular weight excluding hydrogens is 228 g/mol. The number of aliphatic imine (C=N–C) groups is 1. The Hall–Kier alpha value is -0.960. The zero-order valence-electron chi connectivity index (χ0n) is 10.2. The van der Waals surface area contributed by atoms with Crippen molar-refractivity contribution < 1.29 is 0 Å². The van der Waals surface area contributed by atoms with Crippen molar-refractivity contribution in [1.82, 2.24) is 4.90 Å². The van der Waals surface area contributed by atoms with Crippen molar-refractivity contribution in [3.05, 3.63) is 29.8 Å². The van der Waals surface area contributed by atoms with Crippen molar-refractivity contribution in [2.24, 2.45) is 10.9 Å². The molecule has 90 valence electrons. The van der Waals surface area contributed by atoms with Gasteiger partial charge in [-0.3, -0.25) is 0 Å². The molecule has 0 amide bonds. The van der Waals surface area contributed by atoms with Crippen molar-refractivity contribution in [3.8, 4) is 0 Å². The highest BCUT2D eigenvalue weighted by atomic mass is 32.2. The molecule has 1 atom stereocenters. The third-order valence-electron chi connectivity index (χ3n) is 3.50. The Morgan fingerprint density at radius 3 is 2.94 bits per heavy atom. The monoisotopic (exact) mass is 246 g/mol. The number of fused-ring (bicyclic) bond motifs is 2. The summed E-state index contributed by atoms with van der Waals surface area (Å²) in [5.74, 6) is 2.15. The van der Waals surface area contributed by atoms with E-state index in [1.54, 1.807) is 0 Å². The predicted octanol–water partition coefficient (Wildman–Crippen LogP) is 3.44. The molecular formula is C14H18N2S. The minimum Gasteiger partial charge on any atom is -0.351 e. The number of amidine groups is 1. The summed E-state index contributed by atoms with van der Waals surface area (Å²) >= 11 is 1.93. The first kappa shape index (κ1) is 11.1. The van der Waals surface area contributed by atoms with Crippen LogP contribution in [0.2, 0.25) is 0 Å². The molecule has 0 aliphatic carbocycles. The number of piperidine rings is 1. The van der Waals surface area contributed by atoms with Gasteiger partial charge in [0, 0.05) is 18.8 Å². The molecule has 0 spiro atoms. The van der Waals surface area contributed by atoms with Crippen LogP contribution in [0, 0.1) is 12.8 Å². The van der Waals surface area contributed by atoms with Gasteiger partial charge in [0.1, 0.15) is 0 Å². The molecule has 2 aliphatic rings. The standard InChI is InChI=1S/C14H18N2S/c1-11-4-6-13(7-5-11)15-14-16-8-2-3-12(9-16)10-17-14/h4-7,12H,2-3,8-10H2,1H3/t12-/m0/s1. The zero-order valence-corrected chi connectivity index (χ0v) is 11.0. The van der Waals surface area contributed by atoms with E-state index in [-0.39, 0.29) is 0 Å². The Morgan fingerprint density at radius 1 is 1.29 bits per heavy atom. The second-order valence-corrected chi connectivity index (χ2v) is 5.98. The fourth-order valence-electron chi connectivity index (χ4n) is 2.49. The van der Waals surface area contributed by atoms with Crippen molar-refractivity contribution in [2.75, 3.05) is 18.8 Å². The second kappa shape index (κ2) is 4.73. The van der Waals surface area contributed by atoms with Gasteiger partial charge in [-0.25, -0.2) is 4.99 Å². The van der Waals surface area contributed by atoms with Gasteiger partial charge in [0.05, 0.1) is 5.69 Å². The Morgan fingerprint density at radius 2 is 2.12 bits per heavy atom. The molecule has 2 nitrogen and oxygen atoms in total. The lowest BCUT2D eigenvalue weighted by Gasteiger charge is -2.39. The molecule has 0 saturated carbocycles. The Balaban J connectivity index is 1.81. The summed E-state index contributed by atoms with van der Waals surface area (Å²) in [6.45, 7) is 4.52. The Bertz CT molecular complexity index is 424. The molecule has 1 aromatic carbocycles. The van der Waals surface area contributed by atoms with Crippen LogP contribution in [0.1, 0.15) is 18.4 Å². The van der Waals surface area contributed by atoms with Crippen LogP contribution in [0.15, 0.2) is 29.3 Å². The van der Waals surface area contributed by atoms with E-state index in [4.69, 9.17) is 4.99 Å². The molecule has 0 radical (unpaired) electrons. The van der Waals surface area contributed by atoms with Crippen LogP contribution in [0.3, 0.4) is 0 Å². The molecule has 3 rings (SSSR count). The van der Waals surface area contributed by atoms with Crippen LogP contribution < -0.4 is 0 Å². The number of benzene rings is 1. The minimum atomic E-state index is 0.894. The van der Waals surface area contributed by atoms with Crippen molar-refractivity contribution in [2.45, 2.75) is 19.8 Å². The first-order chi connectivity index (χ1) is 8.31. The molecule has 2 bridgehead atoms. The lowest BCUT2D eigenvalue weighted by molar-refractivity contribution is 0.275. The van der Waals surface area contributed by atoms with Gasteiger partial charge >= 0.3 is 0 Å². The molecule has 3 heteroatoms. The highest BCUT2D eigenvalue weighted by Crippen LogP contribution is 2.31. The van der Waals surface area contributed by atoms with Gasteiger partial charge in [0.2, 0.25) is 0 Å². The second-order valence-electron chi connectivity index (χ2n) is 5.00. The molecule has 0 N–H and O–H groups in total. The topological polar surface area (TPSA) is 15.6 Å². The van der Waals surface area contributed by atoms with E-state index < -0.39 is 0 Å². The largest absolute Gasteiger partial charge is 0.351 e. The summed E-state index contributed by atoms with van der Waals surface area (Å²) in [4.78, 5) is 7.25. The van der Waals surface area contributed by atoms with Crippen LogP contribution in [0.5, 0.6) is 0 Å². The van der Waals surface area contributed by atoms with Crippen LogP contribution >= 0.6 is 11.8 Å². The summed E-state index contributed by atoms with van der Waals surface area (Å²) < 4.78 is 0. The molecule has 2 aliphatic heterocycles. The number of hydrogen-bond acceptors (Lipinski definition) is 2. The van der Waals surface area contributed by atoms with Crippen molar-refractivity contribution >= 4 is 22.6 Å². The summed E-state index contributed by atoms with van der Waals surface area (Å²) in [6, 6.07) is 8.48. The highest BCUT2D eigenvalue weighted by Gasteiger charge is 2.28. The van der Waals surface area contributed by atoms with Crippen LogP contribution in [-0.4, -0.2) is 28.9 Å². The fraction of sp³-hybridized carbons (Fsp3) is 0.500. The van der Waals surface area contributed by atoms with Gasteiger partial charge in [-0.15, -0.1) is 0 Å². The number of rotatable bonds is 1. The third kappa shape index (κ3) is 2.49. The summed E-state index contributed by atoms with van der Waals surface area (Å²) in [7, 11) is 0. The molecule has 1 aromatic rings. The molecule has 0 unspecified atom stereocenters. The lowest BCUT2D eigenvalue weighted by atomic mass is 10.0. The van der Waals surface area contributed by atoms with Crippen molar-refractivity contribution in [3.63, 3.8) is 0 Å². The quantitative estimate of drug-likeness (QED) is 0.754. The van der Waals surface area contributed by atoms with Crippen LogP contribution in [0.25, 0.3) is 0 Å². The van der Waals surface area contributed by atoms with Crippen molar-refractivity contribution in [1.29, 1.82) is 0 Å². The molecule has 17 heavy (non-hydrogen) atoms. The van der Waals surface area contributed by atoms with E-state index in [0.29, 0.717) is 0 Å². The van der Waals surface area contributed by atoms with Gasteiger partial charge in [0.15, 0.2) is 5.17 Å². The smallest absolute Gasteiger partial charge is 0.164 e. The average molecular weight is 246 g/mol. The maximum Gasteiger partial charge on any atom is 0.164 e. The van der Waals surface area contributed by atoms with E-state index in [1.807, 2.05) is 11.8 Å². The maximum atomic E-state index is 4.79. The van der Waals surface area contributed by atoms with E-state index in [2.05, 4.69) is 36.1 Å². The minimum absolute atomic E-state index is 0.894. The summed E-state index contributed by atoms with van der Waals surface area (Å²) in [5, 5.41) is 1.23. The molecule has 2 saturated heterocycles. The highest BCUT2D eigenvalue weighted by molar-refractivity contribution is 8.13. The first-order valence-electron chi connectivity index (χ1n) is 6.34. The lowest BCUT2D eigenvalue weighted by Crippen LogP contribution is -2.43. The Labute approximate surface area is 107 Å². The van der Waals surface area contributed by atoms with Gasteiger partial charge < -0.3 is 4.90 Å². The SMILES string of the molecule is Cc1ccc(N=C2SC[C@H]3CCCN2C3)cc1. The van der Waals surface area contributed by atoms with Gasteiger partial charge in [0.25, 0.3) is 0 Å². The van der Waals surface area contributed by atoms with E-state index >= 15 is 0 Å². The van der Waals surface area contributed by atoms with Crippen LogP contribution in [-0.2, 0) is 0 Å². The molecule has 0 aromatic heterocycles. The van der Waals surface area contributed by atoms with E-state index in [9.17, 15) is 0 Å². The third-order valence-corrected chi connectivity index (χ3v) is 4.74. The van der Waals surface area contributed by atoms with Gasteiger partial charge in [-0.1, -0.05) is 29.5 Å². The summed E-state index contributed by atoms with van der Waals surface area (Å²) in [6.07, 6.45) is 2.74. The predicted molar refractivity (Wildman–Crippen MR) is 75.0 cm³/mol. The number of hydrogen-bond donors (Lipinski definition) is 0. The summed E-state index contributed by atoms with van der Waals surface area (Å²) in [5.41, 5.74) is 2.38. The maximum absolute atomic E-state index is 4.79. The van der Waals surface area contributed by atoms with Gasteiger partial charge in [-0.05, 0) is 37.8 Å². The zero-order chi connectivity index (χ0) is 11.7.